The van der Waals surface area contributed by atoms with Crippen LogP contribution in [0, 0.1) is 6.92 Å². The van der Waals surface area contributed by atoms with Crippen LogP contribution in [0.15, 0.2) is 4.79 Å². The molecule has 0 amide bonds. The molecule has 0 fully saturated rings. The highest BCUT2D eigenvalue weighted by Gasteiger charge is 2.19. The van der Waals surface area contributed by atoms with Crippen LogP contribution in [0.3, 0.4) is 0 Å². The van der Waals surface area contributed by atoms with Gasteiger partial charge in [0, 0.05) is 17.0 Å². The number of aryl methyl sites for hydroxylation is 2. The first-order valence-corrected chi connectivity index (χ1v) is 8.59. The summed E-state index contributed by atoms with van der Waals surface area (Å²) in [7, 11) is 0. The van der Waals surface area contributed by atoms with Gasteiger partial charge in [0.2, 0.25) is 0 Å². The summed E-state index contributed by atoms with van der Waals surface area (Å²) < 4.78 is 0. The Labute approximate surface area is 132 Å². The summed E-state index contributed by atoms with van der Waals surface area (Å²) >= 11 is 0. The van der Waals surface area contributed by atoms with Crippen molar-refractivity contribution in [3.8, 4) is 0 Å². The molecule has 22 heavy (non-hydrogen) atoms. The van der Waals surface area contributed by atoms with E-state index in [4.69, 9.17) is 0 Å². The zero-order chi connectivity index (χ0) is 15.9. The van der Waals surface area contributed by atoms with Crippen molar-refractivity contribution in [2.24, 2.45) is 0 Å². The second-order valence-corrected chi connectivity index (χ2v) is 6.40. The number of pyridine rings is 1. The standard InChI is InChI=1S/C18H27NO3/c1-13-14-11-9-7-5-3-2-4-6-8-10-12-15(19-13)16(17(14)20)18(21)22/h2-12H2,1H3,(H,19,20)(H,21,22). The van der Waals surface area contributed by atoms with Gasteiger partial charge in [0.05, 0.1) is 0 Å². The smallest absolute Gasteiger partial charge is 0.341 e. The summed E-state index contributed by atoms with van der Waals surface area (Å²) in [6.07, 6.45) is 11.7. The lowest BCUT2D eigenvalue weighted by Gasteiger charge is -2.12. The molecule has 4 nitrogen and oxygen atoms in total. The number of carbonyl (C=O) groups is 1. The van der Waals surface area contributed by atoms with Crippen LogP contribution in [0.4, 0.5) is 0 Å². The lowest BCUT2D eigenvalue weighted by atomic mass is 9.99. The lowest BCUT2D eigenvalue weighted by molar-refractivity contribution is 0.0693. The highest BCUT2D eigenvalue weighted by atomic mass is 16.4. The summed E-state index contributed by atoms with van der Waals surface area (Å²) in [4.78, 5) is 27.3. The van der Waals surface area contributed by atoms with E-state index in [9.17, 15) is 14.7 Å². The number of nitrogens with one attached hydrogen (secondary N) is 1. The predicted octanol–water partition coefficient (Wildman–Crippen LogP) is 3.99. The molecule has 0 spiro atoms. The van der Waals surface area contributed by atoms with Crippen LogP contribution in [0.1, 0.15) is 85.1 Å². The van der Waals surface area contributed by atoms with Gasteiger partial charge in [-0.2, -0.15) is 0 Å². The molecule has 0 radical (unpaired) electrons. The third-order valence-electron chi connectivity index (χ3n) is 4.66. The van der Waals surface area contributed by atoms with Gasteiger partial charge < -0.3 is 10.1 Å². The van der Waals surface area contributed by atoms with E-state index in [0.717, 1.165) is 31.4 Å². The van der Waals surface area contributed by atoms with Gasteiger partial charge in [0.1, 0.15) is 5.56 Å². The Hall–Kier alpha value is -1.58. The maximum Gasteiger partial charge on any atom is 0.341 e. The van der Waals surface area contributed by atoms with Crippen LogP contribution in [-0.2, 0) is 12.8 Å². The van der Waals surface area contributed by atoms with Crippen molar-refractivity contribution in [3.63, 3.8) is 0 Å². The highest BCUT2D eigenvalue weighted by Crippen LogP contribution is 2.17. The van der Waals surface area contributed by atoms with Gasteiger partial charge >= 0.3 is 5.97 Å². The molecule has 2 N–H and O–H groups in total. The molecule has 4 heteroatoms. The summed E-state index contributed by atoms with van der Waals surface area (Å²) in [5, 5.41) is 9.43. The van der Waals surface area contributed by atoms with Crippen LogP contribution < -0.4 is 5.43 Å². The van der Waals surface area contributed by atoms with E-state index < -0.39 is 5.97 Å². The highest BCUT2D eigenvalue weighted by molar-refractivity contribution is 5.89. The van der Waals surface area contributed by atoms with E-state index in [1.165, 1.54) is 32.1 Å². The van der Waals surface area contributed by atoms with Crippen LogP contribution >= 0.6 is 0 Å². The monoisotopic (exact) mass is 305 g/mol. The molecule has 1 aliphatic carbocycles. The number of fused-ring (bicyclic) bond motifs is 12. The summed E-state index contributed by atoms with van der Waals surface area (Å²) in [6, 6.07) is 0. The molecular formula is C18H27NO3. The second kappa shape index (κ2) is 8.16. The van der Waals surface area contributed by atoms with Crippen molar-refractivity contribution in [3.05, 3.63) is 32.7 Å². The number of carboxylic acid groups (broad SMARTS) is 1. The minimum atomic E-state index is -1.10. The molecule has 2 aliphatic rings. The Morgan fingerprint density at radius 2 is 1.41 bits per heavy atom. The van der Waals surface area contributed by atoms with Crippen LogP contribution in [0.25, 0.3) is 0 Å². The van der Waals surface area contributed by atoms with Crippen molar-refractivity contribution in [1.29, 1.82) is 0 Å². The minimum Gasteiger partial charge on any atom is -0.477 e. The number of hydrogen-bond donors (Lipinski definition) is 2. The lowest BCUT2D eigenvalue weighted by Crippen LogP contribution is -2.24. The molecule has 2 bridgehead atoms. The van der Waals surface area contributed by atoms with Crippen LogP contribution in [0.2, 0.25) is 0 Å². The van der Waals surface area contributed by atoms with Gasteiger partial charge in [-0.1, -0.05) is 44.9 Å². The van der Waals surface area contributed by atoms with Gasteiger partial charge in [-0.25, -0.2) is 4.79 Å². The number of aromatic carboxylic acids is 1. The Bertz CT molecular complexity index is 574. The van der Waals surface area contributed by atoms with E-state index in [-0.39, 0.29) is 11.0 Å². The molecule has 1 aliphatic heterocycles. The van der Waals surface area contributed by atoms with E-state index in [1.807, 2.05) is 6.92 Å². The topological polar surface area (TPSA) is 70.2 Å². The average Bonchev–Trinajstić information content (AvgIpc) is 2.47. The first-order valence-electron chi connectivity index (χ1n) is 8.59. The van der Waals surface area contributed by atoms with Gasteiger partial charge in [0.25, 0.3) is 0 Å². The fraction of sp³-hybridized carbons (Fsp3) is 0.667. The van der Waals surface area contributed by atoms with Crippen molar-refractivity contribution in [2.75, 3.05) is 0 Å². The molecule has 0 atom stereocenters. The number of aromatic amines is 1. The molecule has 0 unspecified atom stereocenters. The fourth-order valence-electron chi connectivity index (χ4n) is 3.38. The first kappa shape index (κ1) is 16.8. The Balaban J connectivity index is 2.32. The largest absolute Gasteiger partial charge is 0.477 e. The number of H-pyrrole nitrogens is 1. The number of hydrogen-bond acceptors (Lipinski definition) is 2. The van der Waals surface area contributed by atoms with Crippen LogP contribution in [0.5, 0.6) is 0 Å². The molecule has 0 saturated heterocycles. The van der Waals surface area contributed by atoms with Gasteiger partial charge in [0.15, 0.2) is 5.43 Å². The van der Waals surface area contributed by atoms with Gasteiger partial charge in [-0.3, -0.25) is 4.79 Å². The molecular weight excluding hydrogens is 278 g/mol. The predicted molar refractivity (Wildman–Crippen MR) is 87.7 cm³/mol. The average molecular weight is 305 g/mol. The van der Waals surface area contributed by atoms with Crippen molar-refractivity contribution in [1.82, 2.24) is 4.98 Å². The maximum atomic E-state index is 12.6. The summed E-state index contributed by atoms with van der Waals surface area (Å²) in [6.45, 7) is 1.89. The van der Waals surface area contributed by atoms with E-state index in [1.54, 1.807) is 0 Å². The fourth-order valence-corrected chi connectivity index (χ4v) is 3.38. The molecule has 122 valence electrons. The maximum absolute atomic E-state index is 12.6. The molecule has 0 saturated carbocycles. The van der Waals surface area contributed by atoms with Gasteiger partial charge in [-0.15, -0.1) is 0 Å². The normalized spacial score (nSPS) is 17.7. The molecule has 1 aromatic rings. The molecule has 3 rings (SSSR count). The Kier molecular flexibility index (Phi) is 6.22. The van der Waals surface area contributed by atoms with E-state index >= 15 is 0 Å². The minimum absolute atomic E-state index is 0.0320. The Morgan fingerprint density at radius 3 is 1.95 bits per heavy atom. The SMILES string of the molecule is Cc1[nH]c2c(C(=O)O)c(=O)c1CCCCCCCCCCC2. The third kappa shape index (κ3) is 4.21. The third-order valence-corrected chi connectivity index (χ3v) is 4.66. The van der Waals surface area contributed by atoms with Crippen molar-refractivity contribution in [2.45, 2.75) is 77.6 Å². The van der Waals surface area contributed by atoms with Gasteiger partial charge in [-0.05, 0) is 32.6 Å². The second-order valence-electron chi connectivity index (χ2n) is 6.40. The zero-order valence-corrected chi connectivity index (χ0v) is 13.5. The zero-order valence-electron chi connectivity index (χ0n) is 13.5. The molecule has 0 aromatic carbocycles. The first-order chi connectivity index (χ1) is 10.6. The molecule has 1 aromatic heterocycles. The van der Waals surface area contributed by atoms with Crippen molar-refractivity contribution < 1.29 is 9.90 Å². The summed E-state index contributed by atoms with van der Waals surface area (Å²) in [5.74, 6) is -1.10. The van der Waals surface area contributed by atoms with Crippen LogP contribution in [-0.4, -0.2) is 16.1 Å². The van der Waals surface area contributed by atoms with Crippen molar-refractivity contribution >= 4 is 5.97 Å². The number of rotatable bonds is 1. The Morgan fingerprint density at radius 1 is 0.909 bits per heavy atom. The number of carboxylic acids is 1. The van der Waals surface area contributed by atoms with E-state index in [0.29, 0.717) is 24.1 Å². The summed E-state index contributed by atoms with van der Waals surface area (Å²) in [5.41, 5.74) is 1.81. The number of aromatic nitrogens is 1. The molecule has 2 heterocycles. The quantitative estimate of drug-likeness (QED) is 0.824. The van der Waals surface area contributed by atoms with E-state index in [2.05, 4.69) is 4.98 Å².